The normalized spacial score (nSPS) is 15.7. The Bertz CT molecular complexity index is 1010. The van der Waals surface area contributed by atoms with Crippen molar-refractivity contribution in [1.29, 1.82) is 0 Å². The van der Waals surface area contributed by atoms with E-state index in [9.17, 15) is 4.79 Å². The minimum Gasteiger partial charge on any atom is -0.495 e. The SMILES string of the molecule is CCC1c2cc(OC)c(Cl)cc2C(=O)N1c1ccnc(-c2ncccn2)n1. The van der Waals surface area contributed by atoms with E-state index in [0.717, 1.165) is 5.56 Å². The van der Waals surface area contributed by atoms with Crippen molar-refractivity contribution in [2.24, 2.45) is 0 Å². The van der Waals surface area contributed by atoms with Crippen LogP contribution in [-0.4, -0.2) is 33.0 Å². The van der Waals surface area contributed by atoms with Crippen molar-refractivity contribution in [2.75, 3.05) is 12.0 Å². The van der Waals surface area contributed by atoms with Crippen molar-refractivity contribution in [3.05, 3.63) is 59.0 Å². The molecule has 136 valence electrons. The molecular formula is C19H16ClN5O2. The van der Waals surface area contributed by atoms with Crippen molar-refractivity contribution >= 4 is 23.3 Å². The van der Waals surface area contributed by atoms with Gasteiger partial charge in [-0.3, -0.25) is 9.69 Å². The van der Waals surface area contributed by atoms with Crippen molar-refractivity contribution in [2.45, 2.75) is 19.4 Å². The monoisotopic (exact) mass is 381 g/mol. The van der Waals surface area contributed by atoms with Crippen LogP contribution in [-0.2, 0) is 0 Å². The summed E-state index contributed by atoms with van der Waals surface area (Å²) in [7, 11) is 1.56. The number of carbonyl (C=O) groups excluding carboxylic acids is 1. The highest BCUT2D eigenvalue weighted by atomic mass is 35.5. The molecule has 1 aliphatic rings. The molecule has 0 saturated heterocycles. The minimum absolute atomic E-state index is 0.153. The number of rotatable bonds is 4. The molecule has 0 saturated carbocycles. The first-order valence-corrected chi connectivity index (χ1v) is 8.83. The number of benzene rings is 1. The molecule has 7 nitrogen and oxygen atoms in total. The van der Waals surface area contributed by atoms with E-state index < -0.39 is 0 Å². The second-order valence-corrected chi connectivity index (χ2v) is 6.39. The van der Waals surface area contributed by atoms with Gasteiger partial charge in [0.2, 0.25) is 0 Å². The van der Waals surface area contributed by atoms with E-state index in [1.165, 1.54) is 0 Å². The van der Waals surface area contributed by atoms with Gasteiger partial charge in [0, 0.05) is 24.2 Å². The summed E-state index contributed by atoms with van der Waals surface area (Å²) in [6.45, 7) is 2.02. The van der Waals surface area contributed by atoms with E-state index in [1.807, 2.05) is 13.0 Å². The van der Waals surface area contributed by atoms with Gasteiger partial charge >= 0.3 is 0 Å². The van der Waals surface area contributed by atoms with E-state index in [0.29, 0.717) is 40.2 Å². The number of fused-ring (bicyclic) bond motifs is 1. The predicted octanol–water partition coefficient (Wildman–Crippen LogP) is 3.71. The average molecular weight is 382 g/mol. The summed E-state index contributed by atoms with van der Waals surface area (Å²) >= 11 is 6.23. The Morgan fingerprint density at radius 3 is 2.59 bits per heavy atom. The van der Waals surface area contributed by atoms with E-state index >= 15 is 0 Å². The first-order valence-electron chi connectivity index (χ1n) is 8.45. The number of halogens is 1. The molecule has 0 radical (unpaired) electrons. The standard InChI is InChI=1S/C19H16ClN5O2/c1-3-14-11-10-15(27-2)13(20)9-12(11)19(26)25(14)16-5-8-23-18(24-16)17-21-6-4-7-22-17/h4-10,14H,3H2,1-2H3. The maximum atomic E-state index is 13.1. The first-order chi connectivity index (χ1) is 13.1. The minimum atomic E-state index is -0.168. The van der Waals surface area contributed by atoms with Gasteiger partial charge in [-0.05, 0) is 36.2 Å². The van der Waals surface area contributed by atoms with Crippen LogP contribution in [0.15, 0.2) is 42.9 Å². The van der Waals surface area contributed by atoms with E-state index in [2.05, 4.69) is 19.9 Å². The van der Waals surface area contributed by atoms with Crippen molar-refractivity contribution in [3.8, 4) is 17.4 Å². The second kappa shape index (κ2) is 6.92. The first kappa shape index (κ1) is 17.4. The molecule has 3 aromatic rings. The number of carbonyl (C=O) groups is 1. The largest absolute Gasteiger partial charge is 0.495 e. The van der Waals surface area contributed by atoms with Gasteiger partial charge in [0.15, 0.2) is 11.6 Å². The third kappa shape index (κ3) is 2.90. The lowest BCUT2D eigenvalue weighted by molar-refractivity contribution is 0.0990. The Hall–Kier alpha value is -3.06. The number of hydrogen-bond donors (Lipinski definition) is 0. The van der Waals surface area contributed by atoms with Gasteiger partial charge in [-0.2, -0.15) is 0 Å². The lowest BCUT2D eigenvalue weighted by atomic mass is 10.0. The number of anilines is 1. The molecule has 0 N–H and O–H groups in total. The summed E-state index contributed by atoms with van der Waals surface area (Å²) in [6, 6.07) is 6.74. The summed E-state index contributed by atoms with van der Waals surface area (Å²) < 4.78 is 5.31. The smallest absolute Gasteiger partial charge is 0.260 e. The Labute approximate surface area is 161 Å². The molecule has 0 aliphatic carbocycles. The van der Waals surface area contributed by atoms with Crippen LogP contribution in [0.25, 0.3) is 11.6 Å². The zero-order chi connectivity index (χ0) is 19.0. The van der Waals surface area contributed by atoms with Crippen molar-refractivity contribution in [1.82, 2.24) is 19.9 Å². The number of amides is 1. The van der Waals surface area contributed by atoms with E-state index in [-0.39, 0.29) is 11.9 Å². The fourth-order valence-corrected chi connectivity index (χ4v) is 3.51. The molecule has 0 fully saturated rings. The lowest BCUT2D eigenvalue weighted by Crippen LogP contribution is -2.28. The molecule has 4 rings (SSSR count). The second-order valence-electron chi connectivity index (χ2n) is 5.98. The van der Waals surface area contributed by atoms with Crippen LogP contribution < -0.4 is 9.64 Å². The fraction of sp³-hybridized carbons (Fsp3) is 0.211. The molecule has 27 heavy (non-hydrogen) atoms. The fourth-order valence-electron chi connectivity index (χ4n) is 3.27. The van der Waals surface area contributed by atoms with Gasteiger partial charge in [0.1, 0.15) is 11.6 Å². The Morgan fingerprint density at radius 1 is 1.15 bits per heavy atom. The summed E-state index contributed by atoms with van der Waals surface area (Å²) in [6.07, 6.45) is 5.56. The van der Waals surface area contributed by atoms with Crippen molar-refractivity contribution < 1.29 is 9.53 Å². The zero-order valence-corrected chi connectivity index (χ0v) is 15.5. The maximum Gasteiger partial charge on any atom is 0.260 e. The van der Waals surface area contributed by atoms with Crippen LogP contribution in [0.1, 0.15) is 35.3 Å². The molecule has 0 bridgehead atoms. The predicted molar refractivity (Wildman–Crippen MR) is 101 cm³/mol. The van der Waals surface area contributed by atoms with Gasteiger partial charge in [0.25, 0.3) is 5.91 Å². The highest BCUT2D eigenvalue weighted by Crippen LogP contribution is 2.42. The maximum absolute atomic E-state index is 13.1. The van der Waals surface area contributed by atoms with Crippen molar-refractivity contribution in [3.63, 3.8) is 0 Å². The summed E-state index contributed by atoms with van der Waals surface area (Å²) in [5.74, 6) is 1.66. The quantitative estimate of drug-likeness (QED) is 0.685. The van der Waals surface area contributed by atoms with Crippen LogP contribution in [0.5, 0.6) is 5.75 Å². The van der Waals surface area contributed by atoms with Crippen LogP contribution in [0.4, 0.5) is 5.82 Å². The van der Waals surface area contributed by atoms with Crippen LogP contribution >= 0.6 is 11.6 Å². The average Bonchev–Trinajstić information content (AvgIpc) is 2.99. The molecule has 3 heterocycles. The molecule has 1 aliphatic heterocycles. The number of hydrogen-bond acceptors (Lipinski definition) is 6. The van der Waals surface area contributed by atoms with Gasteiger partial charge < -0.3 is 4.74 Å². The Balaban J connectivity index is 1.79. The van der Waals surface area contributed by atoms with E-state index in [1.54, 1.807) is 48.8 Å². The molecule has 0 spiro atoms. The topological polar surface area (TPSA) is 81.1 Å². The summed E-state index contributed by atoms with van der Waals surface area (Å²) in [5, 5.41) is 0.405. The molecular weight excluding hydrogens is 366 g/mol. The number of aromatic nitrogens is 4. The van der Waals surface area contributed by atoms with Gasteiger partial charge in [-0.15, -0.1) is 0 Å². The molecule has 1 amide bonds. The third-order valence-corrected chi connectivity index (χ3v) is 4.78. The molecule has 2 aromatic heterocycles. The summed E-state index contributed by atoms with van der Waals surface area (Å²) in [4.78, 5) is 31.9. The van der Waals surface area contributed by atoms with Crippen LogP contribution in [0.3, 0.4) is 0 Å². The third-order valence-electron chi connectivity index (χ3n) is 4.48. The van der Waals surface area contributed by atoms with Crippen LogP contribution in [0, 0.1) is 0 Å². The molecule has 8 heteroatoms. The zero-order valence-electron chi connectivity index (χ0n) is 14.8. The van der Waals surface area contributed by atoms with Gasteiger partial charge in [-0.25, -0.2) is 19.9 Å². The van der Waals surface area contributed by atoms with E-state index in [4.69, 9.17) is 16.3 Å². The number of methoxy groups -OCH3 is 1. The Kier molecular flexibility index (Phi) is 4.45. The number of nitrogens with zero attached hydrogens (tertiary/aromatic N) is 5. The molecule has 1 atom stereocenters. The number of ether oxygens (including phenoxy) is 1. The molecule has 1 unspecified atom stereocenters. The highest BCUT2D eigenvalue weighted by Gasteiger charge is 2.38. The molecule has 1 aromatic carbocycles. The lowest BCUT2D eigenvalue weighted by Gasteiger charge is -2.23. The highest BCUT2D eigenvalue weighted by molar-refractivity contribution is 6.32. The van der Waals surface area contributed by atoms with Crippen LogP contribution in [0.2, 0.25) is 5.02 Å². The summed E-state index contributed by atoms with van der Waals surface area (Å²) in [5.41, 5.74) is 1.43. The Morgan fingerprint density at radius 2 is 1.89 bits per heavy atom. The van der Waals surface area contributed by atoms with Gasteiger partial charge in [0.05, 0.1) is 18.2 Å². The van der Waals surface area contributed by atoms with Gasteiger partial charge in [-0.1, -0.05) is 18.5 Å².